The van der Waals surface area contributed by atoms with Crippen LogP contribution < -0.4 is 10.1 Å². The predicted molar refractivity (Wildman–Crippen MR) is 87.7 cm³/mol. The van der Waals surface area contributed by atoms with Crippen molar-refractivity contribution in [2.24, 2.45) is 0 Å². The molecule has 0 bridgehead atoms. The highest BCUT2D eigenvalue weighted by atomic mass is 35.5. The Morgan fingerprint density at radius 2 is 1.95 bits per heavy atom. The number of benzene rings is 1. The van der Waals surface area contributed by atoms with E-state index in [2.05, 4.69) is 27.8 Å². The molecule has 8 heteroatoms. The largest absolute Gasteiger partial charge is 0.488 e. The maximum atomic E-state index is 6.24. The van der Waals surface area contributed by atoms with Crippen molar-refractivity contribution in [1.82, 2.24) is 20.2 Å². The van der Waals surface area contributed by atoms with Crippen LogP contribution >= 0.6 is 23.2 Å². The molecule has 2 aromatic rings. The first kappa shape index (κ1) is 16.8. The number of anilines is 1. The van der Waals surface area contributed by atoms with Gasteiger partial charge in [0.15, 0.2) is 5.75 Å². The molecule has 0 atom stereocenters. The molecule has 1 aromatic carbocycles. The third-order valence-corrected chi connectivity index (χ3v) is 3.39. The molecule has 0 saturated carbocycles. The zero-order valence-electron chi connectivity index (χ0n) is 12.8. The molecular weight excluding hydrogens is 325 g/mol. The standard InChI is InChI=1S/C14H19Cl2N5O/c1-4-5-21-14(18-19-20-21)17-8-10-6-11(15)13(12(16)7-10)22-9(2)3/h6-7,9H,4-5,8H2,1-3H3,(H,17,18,20). The molecule has 0 radical (unpaired) electrons. The summed E-state index contributed by atoms with van der Waals surface area (Å²) in [4.78, 5) is 0. The van der Waals surface area contributed by atoms with E-state index < -0.39 is 0 Å². The Labute approximate surface area is 139 Å². The minimum absolute atomic E-state index is 0.0117. The summed E-state index contributed by atoms with van der Waals surface area (Å²) in [6, 6.07) is 3.65. The van der Waals surface area contributed by atoms with E-state index in [0.29, 0.717) is 28.3 Å². The molecule has 2 rings (SSSR count). The molecule has 0 aliphatic heterocycles. The van der Waals surface area contributed by atoms with E-state index in [-0.39, 0.29) is 6.10 Å². The fourth-order valence-electron chi connectivity index (χ4n) is 1.94. The SMILES string of the molecule is CCCn1nnnc1NCc1cc(Cl)c(OC(C)C)c(Cl)c1. The predicted octanol–water partition coefficient (Wildman–Crippen LogP) is 3.79. The fraction of sp³-hybridized carbons (Fsp3) is 0.500. The van der Waals surface area contributed by atoms with Crippen LogP contribution in [0.5, 0.6) is 5.75 Å². The van der Waals surface area contributed by atoms with Gasteiger partial charge in [-0.15, -0.1) is 0 Å². The molecule has 1 aromatic heterocycles. The number of aryl methyl sites for hydroxylation is 1. The monoisotopic (exact) mass is 343 g/mol. The summed E-state index contributed by atoms with van der Waals surface area (Å²) in [6.07, 6.45) is 0.969. The average molecular weight is 344 g/mol. The summed E-state index contributed by atoms with van der Waals surface area (Å²) >= 11 is 12.5. The zero-order chi connectivity index (χ0) is 16.1. The van der Waals surface area contributed by atoms with Gasteiger partial charge < -0.3 is 10.1 Å². The lowest BCUT2D eigenvalue weighted by Gasteiger charge is -2.14. The van der Waals surface area contributed by atoms with Crippen LogP contribution in [0.4, 0.5) is 5.95 Å². The molecular formula is C14H19Cl2N5O. The highest BCUT2D eigenvalue weighted by Gasteiger charge is 2.12. The van der Waals surface area contributed by atoms with Crippen LogP contribution in [0.3, 0.4) is 0 Å². The van der Waals surface area contributed by atoms with Gasteiger partial charge >= 0.3 is 0 Å². The van der Waals surface area contributed by atoms with E-state index in [1.54, 1.807) is 4.68 Å². The van der Waals surface area contributed by atoms with Crippen molar-refractivity contribution in [3.8, 4) is 5.75 Å². The first-order valence-electron chi connectivity index (χ1n) is 7.15. The highest BCUT2D eigenvalue weighted by Crippen LogP contribution is 2.35. The fourth-order valence-corrected chi connectivity index (χ4v) is 2.56. The van der Waals surface area contributed by atoms with Crippen molar-refractivity contribution in [3.05, 3.63) is 27.7 Å². The first-order chi connectivity index (χ1) is 10.5. The summed E-state index contributed by atoms with van der Waals surface area (Å²) in [5.41, 5.74) is 0.928. The smallest absolute Gasteiger partial charge is 0.243 e. The van der Waals surface area contributed by atoms with Crippen molar-refractivity contribution in [1.29, 1.82) is 0 Å². The van der Waals surface area contributed by atoms with Gasteiger partial charge in [0.25, 0.3) is 0 Å². The highest BCUT2D eigenvalue weighted by molar-refractivity contribution is 6.37. The lowest BCUT2D eigenvalue weighted by molar-refractivity contribution is 0.242. The Kier molecular flexibility index (Phi) is 5.85. The lowest BCUT2D eigenvalue weighted by Crippen LogP contribution is -2.09. The van der Waals surface area contributed by atoms with E-state index in [1.807, 2.05) is 26.0 Å². The Bertz CT molecular complexity index is 606. The Morgan fingerprint density at radius 3 is 2.55 bits per heavy atom. The van der Waals surface area contributed by atoms with Gasteiger partial charge in [-0.25, -0.2) is 4.68 Å². The van der Waals surface area contributed by atoms with Gasteiger partial charge in [0.2, 0.25) is 5.95 Å². The summed E-state index contributed by atoms with van der Waals surface area (Å²) in [5.74, 6) is 1.13. The summed E-state index contributed by atoms with van der Waals surface area (Å²) < 4.78 is 7.33. The molecule has 0 saturated heterocycles. The van der Waals surface area contributed by atoms with E-state index in [4.69, 9.17) is 27.9 Å². The van der Waals surface area contributed by atoms with Crippen molar-refractivity contribution in [3.63, 3.8) is 0 Å². The van der Waals surface area contributed by atoms with Crippen LogP contribution in [-0.4, -0.2) is 26.3 Å². The minimum Gasteiger partial charge on any atom is -0.488 e. The molecule has 1 N–H and O–H groups in total. The summed E-state index contributed by atoms with van der Waals surface area (Å²) in [7, 11) is 0. The topological polar surface area (TPSA) is 64.9 Å². The molecule has 0 unspecified atom stereocenters. The van der Waals surface area contributed by atoms with E-state index >= 15 is 0 Å². The van der Waals surface area contributed by atoms with E-state index in [1.165, 1.54) is 0 Å². The van der Waals surface area contributed by atoms with Gasteiger partial charge in [0, 0.05) is 13.1 Å². The Morgan fingerprint density at radius 1 is 1.27 bits per heavy atom. The number of rotatable bonds is 7. The van der Waals surface area contributed by atoms with Crippen LogP contribution in [0, 0.1) is 0 Å². The molecule has 1 heterocycles. The average Bonchev–Trinajstić information content (AvgIpc) is 2.88. The molecule has 0 amide bonds. The number of tetrazole rings is 1. The molecule has 0 spiro atoms. The second-order valence-corrected chi connectivity index (χ2v) is 5.95. The maximum Gasteiger partial charge on any atom is 0.243 e. The number of ether oxygens (including phenoxy) is 1. The maximum absolute atomic E-state index is 6.24. The number of aromatic nitrogens is 4. The van der Waals surface area contributed by atoms with E-state index in [0.717, 1.165) is 18.5 Å². The quantitative estimate of drug-likeness (QED) is 0.828. The van der Waals surface area contributed by atoms with Crippen molar-refractivity contribution in [2.45, 2.75) is 46.4 Å². The van der Waals surface area contributed by atoms with Crippen LogP contribution in [0.2, 0.25) is 10.0 Å². The van der Waals surface area contributed by atoms with Crippen molar-refractivity contribution >= 4 is 29.2 Å². The van der Waals surface area contributed by atoms with Crippen LogP contribution in [-0.2, 0) is 13.1 Å². The molecule has 0 aliphatic carbocycles. The Hall–Kier alpha value is -1.53. The van der Waals surface area contributed by atoms with Crippen molar-refractivity contribution < 1.29 is 4.74 Å². The molecule has 22 heavy (non-hydrogen) atoms. The third kappa shape index (κ3) is 4.24. The van der Waals surface area contributed by atoms with Gasteiger partial charge in [-0.2, -0.15) is 0 Å². The summed E-state index contributed by atoms with van der Waals surface area (Å²) in [6.45, 7) is 7.20. The minimum atomic E-state index is 0.0117. The van der Waals surface area contributed by atoms with Crippen LogP contribution in [0.1, 0.15) is 32.8 Å². The zero-order valence-corrected chi connectivity index (χ0v) is 14.3. The van der Waals surface area contributed by atoms with Crippen LogP contribution in [0.25, 0.3) is 0 Å². The second-order valence-electron chi connectivity index (χ2n) is 5.13. The van der Waals surface area contributed by atoms with Gasteiger partial charge in [-0.1, -0.05) is 35.2 Å². The number of nitrogens with zero attached hydrogens (tertiary/aromatic N) is 4. The van der Waals surface area contributed by atoms with Gasteiger partial charge in [-0.3, -0.25) is 0 Å². The number of hydrogen-bond acceptors (Lipinski definition) is 5. The molecule has 120 valence electrons. The number of hydrogen-bond donors (Lipinski definition) is 1. The van der Waals surface area contributed by atoms with Crippen LogP contribution in [0.15, 0.2) is 12.1 Å². The number of halogens is 2. The van der Waals surface area contributed by atoms with E-state index in [9.17, 15) is 0 Å². The lowest BCUT2D eigenvalue weighted by atomic mass is 10.2. The second kappa shape index (κ2) is 7.65. The number of nitrogens with one attached hydrogen (secondary N) is 1. The molecule has 0 aliphatic rings. The Balaban J connectivity index is 2.09. The normalized spacial score (nSPS) is 11.0. The van der Waals surface area contributed by atoms with Gasteiger partial charge in [-0.05, 0) is 48.4 Å². The van der Waals surface area contributed by atoms with Crippen molar-refractivity contribution in [2.75, 3.05) is 5.32 Å². The van der Waals surface area contributed by atoms with Gasteiger partial charge in [0.1, 0.15) is 0 Å². The first-order valence-corrected chi connectivity index (χ1v) is 7.91. The third-order valence-electron chi connectivity index (χ3n) is 2.83. The van der Waals surface area contributed by atoms with Gasteiger partial charge in [0.05, 0.1) is 16.1 Å². The molecule has 0 fully saturated rings. The molecule has 6 nitrogen and oxygen atoms in total. The summed E-state index contributed by atoms with van der Waals surface area (Å²) in [5, 5.41) is 15.7.